The number of hydroxylamine groups is 2. The molecule has 1 aliphatic heterocycles. The molecule has 12 heteroatoms. The van der Waals surface area contributed by atoms with Gasteiger partial charge in [0.1, 0.15) is 18.3 Å². The van der Waals surface area contributed by atoms with E-state index < -0.39 is 42.4 Å². The quantitative estimate of drug-likeness (QED) is 0.196. The van der Waals surface area contributed by atoms with Crippen molar-refractivity contribution in [2.75, 3.05) is 55.0 Å². The monoisotopic (exact) mass is 766 g/mol. The van der Waals surface area contributed by atoms with E-state index in [0.29, 0.717) is 36.5 Å². The third kappa shape index (κ3) is 9.31. The molecule has 7 unspecified atom stereocenters. The normalized spacial score (nSPS) is 40.8. The number of nitrogens with zero attached hydrogens (tertiary/aromatic N) is 3. The zero-order valence-corrected chi connectivity index (χ0v) is 35.3. The molecule has 4 N–H and O–H groups in total. The van der Waals surface area contributed by atoms with Gasteiger partial charge in [0.15, 0.2) is 0 Å². The molecule has 6 rings (SSSR count). The number of amides is 2. The fourth-order valence-corrected chi connectivity index (χ4v) is 11.9. The lowest BCUT2D eigenvalue weighted by Gasteiger charge is -2.62. The van der Waals surface area contributed by atoms with Crippen molar-refractivity contribution in [2.24, 2.45) is 58.7 Å². The van der Waals surface area contributed by atoms with Gasteiger partial charge in [0.25, 0.3) is 0 Å². The minimum atomic E-state index is -1.18. The lowest BCUT2D eigenvalue weighted by molar-refractivity contribution is -0.199. The summed E-state index contributed by atoms with van der Waals surface area (Å²) in [5.74, 6) is 0.496. The predicted octanol–water partition coefficient (Wildman–Crippen LogP) is 3.97. The fraction of sp³-hybridized carbons (Fsp3) is 0.952. The van der Waals surface area contributed by atoms with Crippen molar-refractivity contribution in [3.05, 3.63) is 0 Å². The Hall–Kier alpha value is -1.41. The molecule has 6 fully saturated rings. The van der Waals surface area contributed by atoms with Gasteiger partial charge in [-0.1, -0.05) is 34.6 Å². The molecule has 0 radical (unpaired) electrons. The first-order valence-electron chi connectivity index (χ1n) is 21.2. The highest BCUT2D eigenvalue weighted by molar-refractivity contribution is 5.83. The van der Waals surface area contributed by atoms with E-state index in [9.17, 15) is 19.8 Å². The number of ether oxygens (including phenoxy) is 1. The molecular weight excluding hydrogens is 689 g/mol. The van der Waals surface area contributed by atoms with Crippen LogP contribution in [-0.2, 0) is 19.2 Å². The molecule has 5 saturated carbocycles. The Labute approximate surface area is 325 Å². The molecule has 1 saturated heterocycles. The summed E-state index contributed by atoms with van der Waals surface area (Å²) in [4.78, 5) is 38.9. The second-order valence-corrected chi connectivity index (χ2v) is 19.8. The van der Waals surface area contributed by atoms with Crippen molar-refractivity contribution in [3.63, 3.8) is 0 Å². The van der Waals surface area contributed by atoms with Crippen LogP contribution in [0.25, 0.3) is 0 Å². The van der Waals surface area contributed by atoms with E-state index in [1.807, 2.05) is 14.1 Å². The number of aliphatic hydroxyl groups excluding tert-OH is 2. The Morgan fingerprint density at radius 3 is 2.30 bits per heavy atom. The summed E-state index contributed by atoms with van der Waals surface area (Å²) in [7, 11) is 9.88. The smallest absolute Gasteiger partial charge is 0.240 e. The molecule has 2 bridgehead atoms. The maximum Gasteiger partial charge on any atom is 0.240 e. The molecule has 16 atom stereocenters. The van der Waals surface area contributed by atoms with Gasteiger partial charge in [-0.05, 0) is 127 Å². The molecule has 0 aromatic heterocycles. The number of likely N-dealkylation sites (N-methyl/N-ethyl adjacent to an activating group) is 1. The van der Waals surface area contributed by atoms with Crippen molar-refractivity contribution in [1.29, 1.82) is 0 Å². The van der Waals surface area contributed by atoms with Crippen LogP contribution in [-0.4, -0.2) is 141 Å². The molecule has 0 aromatic carbocycles. The highest BCUT2D eigenvalue weighted by Gasteiger charge is 2.58. The first-order chi connectivity index (χ1) is 25.4. The molecule has 0 aromatic rings. The van der Waals surface area contributed by atoms with E-state index >= 15 is 4.39 Å². The van der Waals surface area contributed by atoms with Crippen LogP contribution in [0.2, 0.25) is 0 Å². The van der Waals surface area contributed by atoms with E-state index in [-0.39, 0.29) is 66.3 Å². The van der Waals surface area contributed by atoms with Crippen molar-refractivity contribution in [2.45, 2.75) is 142 Å². The van der Waals surface area contributed by atoms with Crippen LogP contribution in [0.3, 0.4) is 0 Å². The van der Waals surface area contributed by atoms with E-state index in [2.05, 4.69) is 69.1 Å². The summed E-state index contributed by atoms with van der Waals surface area (Å²) in [6.07, 6.45) is 3.09. The molecule has 1 heterocycles. The summed E-state index contributed by atoms with van der Waals surface area (Å²) in [5.41, 5.74) is 0.271. The second-order valence-electron chi connectivity index (χ2n) is 19.8. The first-order valence-corrected chi connectivity index (χ1v) is 21.2. The maximum atomic E-state index is 16.3. The van der Waals surface area contributed by atoms with Crippen molar-refractivity contribution < 1.29 is 33.8 Å². The third-order valence-corrected chi connectivity index (χ3v) is 14.9. The number of carbonyl (C=O) groups is 2. The van der Waals surface area contributed by atoms with Crippen LogP contribution >= 0.6 is 0 Å². The Bertz CT molecular complexity index is 1240. The largest absolute Gasteiger partial charge is 0.394 e. The molecule has 312 valence electrons. The molecule has 2 amide bonds. The molecular formula is C42H76FN5O6. The van der Waals surface area contributed by atoms with Gasteiger partial charge in [-0.2, -0.15) is 5.06 Å². The number of rotatable bonds is 15. The number of methoxy groups -OCH3 is 1. The van der Waals surface area contributed by atoms with Gasteiger partial charge in [0.05, 0.1) is 18.8 Å². The summed E-state index contributed by atoms with van der Waals surface area (Å²) >= 11 is 0. The van der Waals surface area contributed by atoms with Gasteiger partial charge in [-0.3, -0.25) is 14.4 Å². The molecule has 5 aliphatic carbocycles. The second kappa shape index (κ2) is 18.0. The third-order valence-electron chi connectivity index (χ3n) is 14.9. The zero-order chi connectivity index (χ0) is 39.8. The summed E-state index contributed by atoms with van der Waals surface area (Å²) in [6.45, 7) is 13.4. The number of alkyl halides is 1. The number of hydrogen-bond donors (Lipinski definition) is 4. The standard InChI is InChI=1S/C42H76FN5O6/c1-23(2)14-29(20-46(7)8)44-40(51)27-15-26(16-30(17-27)47(9)10)31-12-13-34(43)32(39(31)53-11)21-48-38(37(25(4)50)36(22-49)54-48)41(52)45-35-19-28-18-33(24(35)3)42(28,5)6/h23-39,49-50H,12-22H2,1-11H3,(H,44,51)(H,45,52)/t24-,25-,26?,27?,28+,29-,30?,31?,32?,33-,34?,35-,36-,37-,38-,39?/m0/s1. The van der Waals surface area contributed by atoms with Crippen LogP contribution in [0, 0.1) is 58.7 Å². The van der Waals surface area contributed by atoms with Crippen LogP contribution in [0.1, 0.15) is 92.9 Å². The van der Waals surface area contributed by atoms with Gasteiger partial charge < -0.3 is 35.4 Å². The van der Waals surface area contributed by atoms with Crippen molar-refractivity contribution in [3.8, 4) is 0 Å². The van der Waals surface area contributed by atoms with Crippen LogP contribution in [0.5, 0.6) is 0 Å². The van der Waals surface area contributed by atoms with E-state index in [1.54, 1.807) is 19.1 Å². The average Bonchev–Trinajstić information content (AvgIpc) is 3.47. The van der Waals surface area contributed by atoms with Gasteiger partial charge in [-0.15, -0.1) is 0 Å². The first kappa shape index (κ1) is 43.7. The SMILES string of the molecule is COC1C(CN2O[C@@H](CO)[C@H]([C@H](C)O)[C@H]2C(=O)N[C@H]2C[C@H]3C[C@@H]([C@@H]2C)C3(C)C)C(F)CCC1C1CC(C(=O)N[C@@H](CC(C)C)CN(C)C)CC(N(C)C)C1. The number of carbonyl (C=O) groups excluding carboxylic acids is 2. The van der Waals surface area contributed by atoms with Crippen LogP contribution in [0.4, 0.5) is 4.39 Å². The van der Waals surface area contributed by atoms with Gasteiger partial charge in [-0.25, -0.2) is 4.39 Å². The Kier molecular flexibility index (Phi) is 14.6. The lowest BCUT2D eigenvalue weighted by atomic mass is 9.45. The van der Waals surface area contributed by atoms with E-state index in [4.69, 9.17) is 9.57 Å². The number of fused-ring (bicyclic) bond motifs is 2. The van der Waals surface area contributed by atoms with Gasteiger partial charge in [0.2, 0.25) is 11.8 Å². The Balaban J connectivity index is 1.34. The predicted molar refractivity (Wildman–Crippen MR) is 209 cm³/mol. The molecule has 54 heavy (non-hydrogen) atoms. The Morgan fingerprint density at radius 1 is 1.04 bits per heavy atom. The zero-order valence-electron chi connectivity index (χ0n) is 35.3. The summed E-state index contributed by atoms with van der Waals surface area (Å²) < 4.78 is 22.6. The molecule has 6 aliphatic rings. The van der Waals surface area contributed by atoms with E-state index in [0.717, 1.165) is 38.6 Å². The van der Waals surface area contributed by atoms with Crippen molar-refractivity contribution >= 4 is 11.8 Å². The van der Waals surface area contributed by atoms with Gasteiger partial charge >= 0.3 is 0 Å². The summed E-state index contributed by atoms with van der Waals surface area (Å²) in [5, 5.41) is 29.7. The molecule has 0 spiro atoms. The fourth-order valence-electron chi connectivity index (χ4n) is 11.9. The number of halogens is 1. The average molecular weight is 766 g/mol. The van der Waals surface area contributed by atoms with Crippen LogP contribution in [0.15, 0.2) is 0 Å². The highest BCUT2D eigenvalue weighted by Crippen LogP contribution is 2.61. The topological polar surface area (TPSA) is 127 Å². The highest BCUT2D eigenvalue weighted by atomic mass is 19.1. The number of nitrogens with one attached hydrogen (secondary N) is 2. The van der Waals surface area contributed by atoms with Gasteiger partial charge in [0, 0.05) is 56.1 Å². The minimum Gasteiger partial charge on any atom is -0.394 e. The minimum absolute atomic E-state index is 0.0169. The summed E-state index contributed by atoms with van der Waals surface area (Å²) in [6, 6.07) is -0.584. The number of aliphatic hydroxyl groups is 2. The maximum absolute atomic E-state index is 16.3. The van der Waals surface area contributed by atoms with E-state index in [1.165, 1.54) is 6.42 Å². The van der Waals surface area contributed by atoms with Crippen LogP contribution < -0.4 is 10.6 Å². The Morgan fingerprint density at radius 2 is 1.74 bits per heavy atom. The van der Waals surface area contributed by atoms with Crippen molar-refractivity contribution in [1.82, 2.24) is 25.5 Å². The lowest BCUT2D eigenvalue weighted by Crippen LogP contribution is -2.62. The molecule has 11 nitrogen and oxygen atoms in total. The number of hydrogen-bond acceptors (Lipinski definition) is 9.